The first-order valence-electron chi connectivity index (χ1n) is 11.8. The summed E-state index contributed by atoms with van der Waals surface area (Å²) in [7, 11) is -0.0402. The van der Waals surface area contributed by atoms with Crippen LogP contribution in [0.1, 0.15) is 43.7 Å². The van der Waals surface area contributed by atoms with E-state index in [0.29, 0.717) is 19.0 Å². The molecular formula is C31H31LiO3P. The maximum Gasteiger partial charge on any atom is 0.186 e. The molecule has 0 aliphatic heterocycles. The number of benzene rings is 4. The summed E-state index contributed by atoms with van der Waals surface area (Å²) in [5, 5.41) is 0.884. The Morgan fingerprint density at radius 3 is 1.89 bits per heavy atom. The molecule has 179 valence electrons. The summed E-state index contributed by atoms with van der Waals surface area (Å²) in [6.07, 6.45) is 0. The summed E-state index contributed by atoms with van der Waals surface area (Å²) in [5.74, 6) is 1.40. The van der Waals surface area contributed by atoms with Crippen molar-refractivity contribution >= 4 is 38.3 Å². The number of ether oxygens (including phenoxy) is 2. The number of hydrogen-bond acceptors (Lipinski definition) is 3. The van der Waals surface area contributed by atoms with Crippen LogP contribution in [0, 0.1) is 27.7 Å². The first-order valence-corrected chi connectivity index (χ1v) is 12.8. The Hall–Kier alpha value is -2.82. The van der Waals surface area contributed by atoms with E-state index in [4.69, 9.17) is 9.47 Å². The molecule has 5 heteroatoms. The van der Waals surface area contributed by atoms with Crippen molar-refractivity contribution in [3.05, 3.63) is 124 Å². The van der Waals surface area contributed by atoms with Gasteiger partial charge in [0.15, 0.2) is 5.52 Å². The Bertz CT molecular complexity index is 1320. The van der Waals surface area contributed by atoms with Crippen molar-refractivity contribution in [1.82, 2.24) is 0 Å². The van der Waals surface area contributed by atoms with E-state index < -0.39 is 0 Å². The SMILES string of the molecule is Cc1cc(C)c(C(=O)Pc2ccc(OCc3ccccc3)cc2OCc2ccccc2)c(C)c1C.[Li]. The van der Waals surface area contributed by atoms with Crippen LogP contribution in [-0.4, -0.2) is 24.4 Å². The van der Waals surface area contributed by atoms with Gasteiger partial charge in [0.2, 0.25) is 0 Å². The Kier molecular flexibility index (Phi) is 9.97. The van der Waals surface area contributed by atoms with Crippen LogP contribution in [0.25, 0.3) is 0 Å². The molecule has 0 saturated heterocycles. The van der Waals surface area contributed by atoms with Crippen LogP contribution < -0.4 is 14.8 Å². The average Bonchev–Trinajstić information content (AvgIpc) is 2.87. The fourth-order valence-electron chi connectivity index (χ4n) is 4.11. The van der Waals surface area contributed by atoms with E-state index in [-0.39, 0.29) is 33.0 Å². The topological polar surface area (TPSA) is 35.5 Å². The normalized spacial score (nSPS) is 10.8. The average molecular weight is 490 g/mol. The van der Waals surface area contributed by atoms with E-state index in [1.807, 2.05) is 92.7 Å². The Labute approximate surface area is 228 Å². The standard InChI is InChI=1S/C31H31O3P.Li/c1-21-17-22(2)30(24(4)23(21)3)31(32)35-29-16-15-27(33-19-25-11-7-5-8-12-25)18-28(29)34-20-26-13-9-6-10-14-26;/h5-18,35H,19-20H2,1-4H3;. The molecule has 0 aliphatic rings. The van der Waals surface area contributed by atoms with Crippen LogP contribution in [0.3, 0.4) is 0 Å². The van der Waals surface area contributed by atoms with E-state index in [1.165, 1.54) is 11.1 Å². The summed E-state index contributed by atoms with van der Waals surface area (Å²) in [4.78, 5) is 13.5. The Morgan fingerprint density at radius 1 is 0.694 bits per heavy atom. The molecule has 4 rings (SSSR count). The van der Waals surface area contributed by atoms with E-state index in [0.717, 1.165) is 38.9 Å². The number of rotatable bonds is 9. The van der Waals surface area contributed by atoms with Gasteiger partial charge in [-0.05, 0) is 81.8 Å². The zero-order valence-electron chi connectivity index (χ0n) is 21.7. The minimum atomic E-state index is -0.0402. The summed E-state index contributed by atoms with van der Waals surface area (Å²) in [6, 6.07) is 28.0. The second kappa shape index (κ2) is 12.9. The number of aryl methyl sites for hydroxylation is 2. The van der Waals surface area contributed by atoms with Gasteiger partial charge in [-0.25, -0.2) is 0 Å². The molecule has 0 bridgehead atoms. The molecule has 0 aromatic heterocycles. The van der Waals surface area contributed by atoms with Crippen LogP contribution in [-0.2, 0) is 13.2 Å². The van der Waals surface area contributed by atoms with Crippen molar-refractivity contribution in [3.8, 4) is 11.5 Å². The van der Waals surface area contributed by atoms with Gasteiger partial charge in [-0.3, -0.25) is 4.79 Å². The molecule has 4 aromatic rings. The maximum absolute atomic E-state index is 13.5. The molecular weight excluding hydrogens is 458 g/mol. The zero-order valence-corrected chi connectivity index (χ0v) is 22.7. The molecule has 0 N–H and O–H groups in total. The minimum absolute atomic E-state index is 0. The molecule has 1 unspecified atom stereocenters. The first-order chi connectivity index (χ1) is 16.9. The van der Waals surface area contributed by atoms with Crippen LogP contribution in [0.2, 0.25) is 0 Å². The van der Waals surface area contributed by atoms with Gasteiger partial charge in [0.1, 0.15) is 24.7 Å². The van der Waals surface area contributed by atoms with Gasteiger partial charge in [0, 0.05) is 35.8 Å². The molecule has 0 heterocycles. The summed E-state index contributed by atoms with van der Waals surface area (Å²) in [6.45, 7) is 9.13. The third kappa shape index (κ3) is 6.89. The van der Waals surface area contributed by atoms with Gasteiger partial charge >= 0.3 is 0 Å². The summed E-state index contributed by atoms with van der Waals surface area (Å²) in [5.41, 5.74) is 7.61. The molecule has 36 heavy (non-hydrogen) atoms. The van der Waals surface area contributed by atoms with Gasteiger partial charge in [-0.15, -0.1) is 0 Å². The second-order valence-corrected chi connectivity index (χ2v) is 10.0. The molecule has 3 nitrogen and oxygen atoms in total. The fraction of sp³-hybridized carbons (Fsp3) is 0.194. The van der Waals surface area contributed by atoms with Crippen molar-refractivity contribution in [1.29, 1.82) is 0 Å². The molecule has 0 aliphatic carbocycles. The summed E-state index contributed by atoms with van der Waals surface area (Å²) >= 11 is 0. The molecule has 1 radical (unpaired) electrons. The van der Waals surface area contributed by atoms with Crippen LogP contribution >= 0.6 is 8.58 Å². The number of carbonyl (C=O) groups excluding carboxylic acids is 1. The maximum atomic E-state index is 13.5. The molecule has 1 atom stereocenters. The van der Waals surface area contributed by atoms with E-state index >= 15 is 0 Å². The van der Waals surface area contributed by atoms with E-state index in [2.05, 4.69) is 19.9 Å². The van der Waals surface area contributed by atoms with Gasteiger partial charge < -0.3 is 9.47 Å². The monoisotopic (exact) mass is 489 g/mol. The molecule has 0 amide bonds. The molecule has 0 spiro atoms. The summed E-state index contributed by atoms with van der Waals surface area (Å²) < 4.78 is 12.3. The second-order valence-electron chi connectivity index (χ2n) is 8.80. The van der Waals surface area contributed by atoms with Crippen molar-refractivity contribution in [2.45, 2.75) is 40.9 Å². The van der Waals surface area contributed by atoms with Crippen molar-refractivity contribution in [2.24, 2.45) is 0 Å². The van der Waals surface area contributed by atoms with Crippen molar-refractivity contribution < 1.29 is 14.3 Å². The molecule has 4 aromatic carbocycles. The van der Waals surface area contributed by atoms with E-state index in [1.54, 1.807) is 0 Å². The van der Waals surface area contributed by atoms with Crippen molar-refractivity contribution in [2.75, 3.05) is 0 Å². The fourth-order valence-corrected chi connectivity index (χ4v) is 5.30. The first kappa shape index (κ1) is 27.8. The predicted octanol–water partition coefficient (Wildman–Crippen LogP) is 6.84. The van der Waals surface area contributed by atoms with Gasteiger partial charge in [0.25, 0.3) is 0 Å². The van der Waals surface area contributed by atoms with Gasteiger partial charge in [0.05, 0.1) is 0 Å². The van der Waals surface area contributed by atoms with Crippen LogP contribution in [0.4, 0.5) is 0 Å². The Balaban J connectivity index is 0.00000361. The minimum Gasteiger partial charge on any atom is -0.489 e. The van der Waals surface area contributed by atoms with Crippen molar-refractivity contribution in [3.63, 3.8) is 0 Å². The van der Waals surface area contributed by atoms with Crippen LogP contribution in [0.15, 0.2) is 84.9 Å². The largest absolute Gasteiger partial charge is 0.489 e. The quantitative estimate of drug-likeness (QED) is 0.191. The zero-order chi connectivity index (χ0) is 24.8. The number of hydrogen-bond donors (Lipinski definition) is 0. The Morgan fingerprint density at radius 2 is 1.28 bits per heavy atom. The molecule has 0 fully saturated rings. The third-order valence-electron chi connectivity index (χ3n) is 6.27. The smallest absolute Gasteiger partial charge is 0.186 e. The van der Waals surface area contributed by atoms with E-state index in [9.17, 15) is 4.79 Å². The predicted molar refractivity (Wildman–Crippen MR) is 151 cm³/mol. The molecule has 0 saturated carbocycles. The van der Waals surface area contributed by atoms with Gasteiger partial charge in [-0.1, -0.05) is 66.7 Å². The van der Waals surface area contributed by atoms with Gasteiger partial charge in [-0.2, -0.15) is 0 Å². The number of carbonyl (C=O) groups is 1. The van der Waals surface area contributed by atoms with Crippen LogP contribution in [0.5, 0.6) is 11.5 Å². The third-order valence-corrected chi connectivity index (χ3v) is 7.43.